The molecule has 2 nitrogen and oxygen atoms in total. The summed E-state index contributed by atoms with van der Waals surface area (Å²) in [6.45, 7) is 8.05. The van der Waals surface area contributed by atoms with Crippen molar-refractivity contribution in [1.82, 2.24) is 10.3 Å². The predicted octanol–water partition coefficient (Wildman–Crippen LogP) is 4.58. The van der Waals surface area contributed by atoms with Crippen LogP contribution in [0.1, 0.15) is 52.1 Å². The maximum absolute atomic E-state index is 4.54. The van der Waals surface area contributed by atoms with E-state index in [-0.39, 0.29) is 0 Å². The molecule has 0 amide bonds. The van der Waals surface area contributed by atoms with Gasteiger partial charge in [-0.15, -0.1) is 0 Å². The summed E-state index contributed by atoms with van der Waals surface area (Å²) in [5, 5.41) is 3.69. The number of pyridine rings is 1. The van der Waals surface area contributed by atoms with Gasteiger partial charge in [-0.1, -0.05) is 20.8 Å². The van der Waals surface area contributed by atoms with Gasteiger partial charge in [0.25, 0.3) is 0 Å². The number of hydrogen-bond donors (Lipinski definition) is 1. The molecule has 1 N–H and O–H groups in total. The minimum absolute atomic E-state index is 0.545. The van der Waals surface area contributed by atoms with Crippen LogP contribution in [0.2, 0.25) is 0 Å². The highest BCUT2D eigenvalue weighted by Gasteiger charge is 2.31. The Bertz CT molecular complexity index is 404. The van der Waals surface area contributed by atoms with Gasteiger partial charge in [-0.25, -0.2) is 0 Å². The smallest absolute Gasteiger partial charge is 0.0420 e. The molecule has 1 heterocycles. The highest BCUT2D eigenvalue weighted by atomic mass is 79.9. The third kappa shape index (κ3) is 4.56. The monoisotopic (exact) mass is 338 g/mol. The van der Waals surface area contributed by atoms with Gasteiger partial charge in [-0.05, 0) is 71.6 Å². The first-order chi connectivity index (χ1) is 9.50. The lowest BCUT2D eigenvalue weighted by Gasteiger charge is -2.38. The van der Waals surface area contributed by atoms with Crippen molar-refractivity contribution >= 4 is 15.9 Å². The van der Waals surface area contributed by atoms with Crippen molar-refractivity contribution in [1.29, 1.82) is 0 Å². The Morgan fingerprint density at radius 2 is 2.05 bits per heavy atom. The third-order valence-electron chi connectivity index (χ3n) is 4.64. The molecule has 1 atom stereocenters. The van der Waals surface area contributed by atoms with Crippen molar-refractivity contribution in [3.05, 3.63) is 28.5 Å². The molecule has 3 heteroatoms. The molecular formula is C17H27BrN2. The second-order valence-corrected chi connectivity index (χ2v) is 7.75. The van der Waals surface area contributed by atoms with Crippen LogP contribution in [0.4, 0.5) is 0 Å². The Kier molecular flexibility index (Phi) is 5.62. The van der Waals surface area contributed by atoms with E-state index in [9.17, 15) is 0 Å². The van der Waals surface area contributed by atoms with Crippen LogP contribution in [-0.4, -0.2) is 17.6 Å². The second kappa shape index (κ2) is 7.04. The van der Waals surface area contributed by atoms with Crippen LogP contribution >= 0.6 is 15.9 Å². The zero-order valence-corrected chi connectivity index (χ0v) is 14.5. The molecule has 0 saturated heterocycles. The summed E-state index contributed by atoms with van der Waals surface area (Å²) in [5.74, 6) is 0.799. The number of halogens is 1. The van der Waals surface area contributed by atoms with E-state index in [0.29, 0.717) is 11.5 Å². The first-order valence-corrected chi connectivity index (χ1v) is 8.63. The summed E-state index contributed by atoms with van der Waals surface area (Å²) in [5.41, 5.74) is 1.74. The number of rotatable bonds is 5. The van der Waals surface area contributed by atoms with Crippen molar-refractivity contribution in [2.45, 2.75) is 58.9 Å². The van der Waals surface area contributed by atoms with Crippen LogP contribution in [0.15, 0.2) is 22.8 Å². The van der Waals surface area contributed by atoms with Gasteiger partial charge in [0.2, 0.25) is 0 Å². The molecule has 0 spiro atoms. The van der Waals surface area contributed by atoms with Crippen LogP contribution in [0.3, 0.4) is 0 Å². The summed E-state index contributed by atoms with van der Waals surface area (Å²) in [6.07, 6.45) is 8.36. The number of hydrogen-bond acceptors (Lipinski definition) is 2. The van der Waals surface area contributed by atoms with Gasteiger partial charge in [0.15, 0.2) is 0 Å². The van der Waals surface area contributed by atoms with Gasteiger partial charge < -0.3 is 5.32 Å². The molecule has 1 aromatic rings. The topological polar surface area (TPSA) is 24.9 Å². The van der Waals surface area contributed by atoms with Crippen molar-refractivity contribution in [3.8, 4) is 0 Å². The first-order valence-electron chi connectivity index (χ1n) is 7.84. The van der Waals surface area contributed by atoms with E-state index in [4.69, 9.17) is 0 Å². The van der Waals surface area contributed by atoms with Gasteiger partial charge in [-0.2, -0.15) is 0 Å². The van der Waals surface area contributed by atoms with Gasteiger partial charge >= 0.3 is 0 Å². The minimum atomic E-state index is 0.545. The van der Waals surface area contributed by atoms with Crippen LogP contribution in [-0.2, 0) is 6.42 Å². The van der Waals surface area contributed by atoms with Gasteiger partial charge in [-0.3, -0.25) is 4.98 Å². The lowest BCUT2D eigenvalue weighted by atomic mass is 9.70. The van der Waals surface area contributed by atoms with E-state index in [1.165, 1.54) is 31.4 Å². The minimum Gasteiger partial charge on any atom is -0.314 e. The molecule has 0 aliphatic heterocycles. The van der Waals surface area contributed by atoms with Crippen molar-refractivity contribution in [2.24, 2.45) is 11.3 Å². The molecule has 1 aliphatic carbocycles. The quantitative estimate of drug-likeness (QED) is 0.849. The van der Waals surface area contributed by atoms with E-state index in [1.54, 1.807) is 0 Å². The fourth-order valence-electron chi connectivity index (χ4n) is 3.24. The van der Waals surface area contributed by atoms with Crippen LogP contribution in [0, 0.1) is 11.3 Å². The van der Waals surface area contributed by atoms with E-state index in [2.05, 4.69) is 59.1 Å². The predicted molar refractivity (Wildman–Crippen MR) is 88.8 cm³/mol. The fourth-order valence-corrected chi connectivity index (χ4v) is 3.48. The number of aromatic nitrogens is 1. The molecule has 1 unspecified atom stereocenters. The molecule has 1 fully saturated rings. The maximum atomic E-state index is 4.54. The number of likely N-dealkylation sites (N-methyl/N-ethyl adjacent to an activating group) is 1. The molecule has 0 aromatic carbocycles. The summed E-state index contributed by atoms with van der Waals surface area (Å²) in [4.78, 5) is 4.54. The van der Waals surface area contributed by atoms with Crippen LogP contribution in [0.25, 0.3) is 0 Å². The third-order valence-corrected chi connectivity index (χ3v) is 5.11. The lowest BCUT2D eigenvalue weighted by molar-refractivity contribution is 0.161. The Labute approximate surface area is 131 Å². The van der Waals surface area contributed by atoms with Crippen LogP contribution in [0.5, 0.6) is 0 Å². The van der Waals surface area contributed by atoms with Crippen molar-refractivity contribution in [3.63, 3.8) is 0 Å². The molecule has 2 rings (SSSR count). The molecule has 1 aliphatic rings. The van der Waals surface area contributed by atoms with Crippen LogP contribution < -0.4 is 5.32 Å². The molecular weight excluding hydrogens is 312 g/mol. The zero-order valence-electron chi connectivity index (χ0n) is 13.0. The summed E-state index contributed by atoms with van der Waals surface area (Å²) in [6, 6.07) is 4.81. The summed E-state index contributed by atoms with van der Waals surface area (Å²) < 4.78 is 1.06. The summed E-state index contributed by atoms with van der Waals surface area (Å²) in [7, 11) is 0. The largest absolute Gasteiger partial charge is 0.314 e. The Morgan fingerprint density at radius 3 is 2.60 bits per heavy atom. The van der Waals surface area contributed by atoms with Gasteiger partial charge in [0.1, 0.15) is 0 Å². The Hall–Kier alpha value is -0.410. The molecule has 1 saturated carbocycles. The Morgan fingerprint density at radius 1 is 1.35 bits per heavy atom. The second-order valence-electron chi connectivity index (χ2n) is 6.84. The van der Waals surface area contributed by atoms with Crippen molar-refractivity contribution in [2.75, 3.05) is 6.54 Å². The van der Waals surface area contributed by atoms with Gasteiger partial charge in [0, 0.05) is 28.8 Å². The normalized spacial score (nSPS) is 20.8. The van der Waals surface area contributed by atoms with E-state index in [1.807, 2.05) is 6.20 Å². The molecule has 112 valence electrons. The van der Waals surface area contributed by atoms with Gasteiger partial charge in [0.05, 0.1) is 0 Å². The fraction of sp³-hybridized carbons (Fsp3) is 0.706. The average molecular weight is 339 g/mol. The highest BCUT2D eigenvalue weighted by Crippen LogP contribution is 2.39. The lowest BCUT2D eigenvalue weighted by Crippen LogP contribution is -2.40. The Balaban J connectivity index is 1.98. The van der Waals surface area contributed by atoms with E-state index >= 15 is 0 Å². The highest BCUT2D eigenvalue weighted by molar-refractivity contribution is 9.10. The molecule has 0 bridgehead atoms. The number of nitrogens with zero attached hydrogens (tertiary/aromatic N) is 1. The SMILES string of the molecule is CCNC(Cc1ccc(Br)cn1)C1CCC(C)(C)CC1. The average Bonchev–Trinajstić information content (AvgIpc) is 2.41. The molecule has 20 heavy (non-hydrogen) atoms. The summed E-state index contributed by atoms with van der Waals surface area (Å²) >= 11 is 3.45. The first kappa shape index (κ1) is 16.0. The molecule has 0 radical (unpaired) electrons. The number of nitrogens with one attached hydrogen (secondary N) is 1. The zero-order chi connectivity index (χ0) is 14.6. The maximum Gasteiger partial charge on any atom is 0.0420 e. The van der Waals surface area contributed by atoms with E-state index < -0.39 is 0 Å². The standard InChI is InChI=1S/C17H27BrN2/c1-4-19-16(11-15-6-5-14(18)12-20-15)13-7-9-17(2,3)10-8-13/h5-6,12-13,16,19H,4,7-11H2,1-3H3. The molecule has 1 aromatic heterocycles. The van der Waals surface area contributed by atoms with E-state index in [0.717, 1.165) is 23.4 Å². The van der Waals surface area contributed by atoms with Crippen molar-refractivity contribution < 1.29 is 0 Å².